The van der Waals surface area contributed by atoms with Gasteiger partial charge in [-0.2, -0.15) is 0 Å². The van der Waals surface area contributed by atoms with E-state index < -0.39 is 5.97 Å². The van der Waals surface area contributed by atoms with Crippen LogP contribution in [0.5, 0.6) is 0 Å². The second-order valence-electron chi connectivity index (χ2n) is 6.86. The van der Waals surface area contributed by atoms with Crippen molar-refractivity contribution in [1.29, 1.82) is 0 Å². The van der Waals surface area contributed by atoms with Gasteiger partial charge in [0.2, 0.25) is 5.82 Å². The Labute approximate surface area is 115 Å². The van der Waals surface area contributed by atoms with Gasteiger partial charge in [0.05, 0.1) is 18.5 Å². The molecular weight excluding hydrogens is 240 g/mol. The summed E-state index contributed by atoms with van der Waals surface area (Å²) in [5, 5.41) is 0. The number of rotatable bonds is 1. The van der Waals surface area contributed by atoms with Gasteiger partial charge < -0.3 is 4.74 Å². The van der Waals surface area contributed by atoms with Crippen LogP contribution in [-0.2, 0) is 15.6 Å². The summed E-state index contributed by atoms with van der Waals surface area (Å²) < 4.78 is 4.75. The molecule has 0 aliphatic rings. The Morgan fingerprint density at radius 3 is 1.58 bits per heavy atom. The number of aromatic nitrogens is 2. The molecule has 19 heavy (non-hydrogen) atoms. The van der Waals surface area contributed by atoms with Crippen LogP contribution in [0.15, 0.2) is 0 Å². The molecule has 0 fully saturated rings. The van der Waals surface area contributed by atoms with Gasteiger partial charge >= 0.3 is 5.97 Å². The fraction of sp³-hybridized carbons (Fsp3) is 0.667. The van der Waals surface area contributed by atoms with Crippen molar-refractivity contribution in [3.8, 4) is 0 Å². The summed E-state index contributed by atoms with van der Waals surface area (Å²) >= 11 is 0. The zero-order valence-electron chi connectivity index (χ0n) is 13.2. The quantitative estimate of drug-likeness (QED) is 0.731. The van der Waals surface area contributed by atoms with Gasteiger partial charge in [0, 0.05) is 10.8 Å². The highest BCUT2D eigenvalue weighted by molar-refractivity contribution is 5.85. The highest BCUT2D eigenvalue weighted by Gasteiger charge is 2.28. The highest BCUT2D eigenvalue weighted by Crippen LogP contribution is 2.31. The Hall–Kier alpha value is -1.45. The van der Waals surface area contributed by atoms with Crippen molar-refractivity contribution in [3.05, 3.63) is 22.8 Å². The smallest absolute Gasteiger partial charge is 0.376 e. The minimum absolute atomic E-state index is 0.142. The maximum Gasteiger partial charge on any atom is 0.376 e. The highest BCUT2D eigenvalue weighted by atomic mass is 16.5. The Kier molecular flexibility index (Phi) is 4.03. The van der Waals surface area contributed by atoms with Gasteiger partial charge in [-0.05, 0) is 12.5 Å². The standard InChI is InChI=1S/C15H24N2O2/c1-9-10(14(2,3)4)16-12(13(18)19-8)17-11(9)15(5,6)7/h1-8H3. The number of methoxy groups -OCH3 is 1. The average Bonchev–Trinajstić information content (AvgIpc) is 2.25. The monoisotopic (exact) mass is 264 g/mol. The second-order valence-corrected chi connectivity index (χ2v) is 6.86. The van der Waals surface area contributed by atoms with E-state index in [0.717, 1.165) is 17.0 Å². The van der Waals surface area contributed by atoms with Crippen LogP contribution in [0.3, 0.4) is 0 Å². The Morgan fingerprint density at radius 2 is 1.32 bits per heavy atom. The molecule has 0 amide bonds. The van der Waals surface area contributed by atoms with E-state index in [1.165, 1.54) is 7.11 Å². The summed E-state index contributed by atoms with van der Waals surface area (Å²) in [5.74, 6) is -0.348. The van der Waals surface area contributed by atoms with Gasteiger partial charge in [-0.25, -0.2) is 14.8 Å². The molecule has 0 bridgehead atoms. The van der Waals surface area contributed by atoms with Crippen LogP contribution in [0.4, 0.5) is 0 Å². The van der Waals surface area contributed by atoms with Gasteiger partial charge in [-0.1, -0.05) is 41.5 Å². The summed E-state index contributed by atoms with van der Waals surface area (Å²) in [6.45, 7) is 14.5. The zero-order chi connectivity index (χ0) is 15.0. The van der Waals surface area contributed by atoms with Crippen molar-refractivity contribution >= 4 is 5.97 Å². The number of hydrogen-bond donors (Lipinski definition) is 0. The Balaban J connectivity index is 3.62. The van der Waals surface area contributed by atoms with E-state index in [2.05, 4.69) is 51.5 Å². The van der Waals surface area contributed by atoms with Crippen molar-refractivity contribution in [2.45, 2.75) is 59.3 Å². The molecule has 1 heterocycles. The fourth-order valence-corrected chi connectivity index (χ4v) is 2.16. The lowest BCUT2D eigenvalue weighted by atomic mass is 9.82. The molecule has 0 spiro atoms. The lowest BCUT2D eigenvalue weighted by molar-refractivity contribution is 0.0585. The molecule has 1 aromatic rings. The van der Waals surface area contributed by atoms with E-state index in [1.54, 1.807) is 0 Å². The van der Waals surface area contributed by atoms with Gasteiger partial charge in [-0.3, -0.25) is 0 Å². The minimum atomic E-state index is -0.490. The van der Waals surface area contributed by atoms with Gasteiger partial charge in [0.15, 0.2) is 0 Å². The third-order valence-corrected chi connectivity index (χ3v) is 2.93. The molecule has 0 radical (unpaired) electrons. The zero-order valence-corrected chi connectivity index (χ0v) is 13.2. The third kappa shape index (κ3) is 3.31. The van der Waals surface area contributed by atoms with E-state index in [9.17, 15) is 4.79 Å². The Bertz CT molecular complexity index is 459. The maximum absolute atomic E-state index is 11.7. The van der Waals surface area contributed by atoms with Crippen LogP contribution >= 0.6 is 0 Å². The number of carbonyl (C=O) groups is 1. The summed E-state index contributed by atoms with van der Waals surface area (Å²) in [6, 6.07) is 0. The van der Waals surface area contributed by atoms with Crippen molar-refractivity contribution in [2.75, 3.05) is 7.11 Å². The van der Waals surface area contributed by atoms with E-state index in [0.29, 0.717) is 0 Å². The molecule has 0 aliphatic heterocycles. The minimum Gasteiger partial charge on any atom is -0.463 e. The van der Waals surface area contributed by atoms with Crippen molar-refractivity contribution in [1.82, 2.24) is 9.97 Å². The molecule has 0 saturated carbocycles. The van der Waals surface area contributed by atoms with Crippen molar-refractivity contribution < 1.29 is 9.53 Å². The van der Waals surface area contributed by atoms with E-state index >= 15 is 0 Å². The Morgan fingerprint density at radius 1 is 0.947 bits per heavy atom. The van der Waals surface area contributed by atoms with E-state index in [4.69, 9.17) is 4.74 Å². The van der Waals surface area contributed by atoms with Crippen LogP contribution in [0.25, 0.3) is 0 Å². The van der Waals surface area contributed by atoms with Gasteiger partial charge in [0.1, 0.15) is 0 Å². The molecule has 0 unspecified atom stereocenters. The molecule has 0 N–H and O–H groups in total. The predicted octanol–water partition coefficient (Wildman–Crippen LogP) is 3.17. The third-order valence-electron chi connectivity index (χ3n) is 2.93. The molecule has 0 atom stereocenters. The molecule has 4 heteroatoms. The molecule has 1 aromatic heterocycles. The van der Waals surface area contributed by atoms with Crippen LogP contribution in [0, 0.1) is 6.92 Å². The number of carbonyl (C=O) groups excluding carboxylic acids is 1. The van der Waals surface area contributed by atoms with Crippen LogP contribution in [0.1, 0.15) is 69.1 Å². The first-order chi connectivity index (χ1) is 8.48. The normalized spacial score (nSPS) is 12.4. The maximum atomic E-state index is 11.7. The van der Waals surface area contributed by atoms with Crippen molar-refractivity contribution in [3.63, 3.8) is 0 Å². The van der Waals surface area contributed by atoms with E-state index in [-0.39, 0.29) is 16.7 Å². The SMILES string of the molecule is COC(=O)c1nc(C(C)(C)C)c(C)c(C(C)(C)C)n1. The average molecular weight is 264 g/mol. The number of nitrogens with zero attached hydrogens (tertiary/aromatic N) is 2. The summed E-state index contributed by atoms with van der Waals surface area (Å²) in [5.41, 5.74) is 2.55. The first-order valence-electron chi connectivity index (χ1n) is 6.46. The molecule has 0 saturated heterocycles. The van der Waals surface area contributed by atoms with Gasteiger partial charge in [-0.15, -0.1) is 0 Å². The fourth-order valence-electron chi connectivity index (χ4n) is 2.16. The lowest BCUT2D eigenvalue weighted by Gasteiger charge is -2.27. The molecule has 1 rings (SSSR count). The first-order valence-corrected chi connectivity index (χ1v) is 6.46. The summed E-state index contributed by atoms with van der Waals surface area (Å²) in [7, 11) is 1.35. The van der Waals surface area contributed by atoms with Crippen LogP contribution in [-0.4, -0.2) is 23.0 Å². The molecule has 0 aromatic carbocycles. The molecular formula is C15H24N2O2. The lowest BCUT2D eigenvalue weighted by Crippen LogP contribution is -2.26. The molecule has 106 valence electrons. The largest absolute Gasteiger partial charge is 0.463 e. The van der Waals surface area contributed by atoms with Crippen LogP contribution in [0.2, 0.25) is 0 Å². The van der Waals surface area contributed by atoms with Crippen molar-refractivity contribution in [2.24, 2.45) is 0 Å². The number of hydrogen-bond acceptors (Lipinski definition) is 4. The number of ether oxygens (including phenoxy) is 1. The second kappa shape index (κ2) is 4.91. The molecule has 4 nitrogen and oxygen atoms in total. The summed E-state index contributed by atoms with van der Waals surface area (Å²) in [4.78, 5) is 20.5. The molecule has 0 aliphatic carbocycles. The van der Waals surface area contributed by atoms with Crippen LogP contribution < -0.4 is 0 Å². The predicted molar refractivity (Wildman–Crippen MR) is 75.5 cm³/mol. The number of esters is 1. The first kappa shape index (κ1) is 15.6. The summed E-state index contributed by atoms with van der Waals surface area (Å²) in [6.07, 6.45) is 0. The van der Waals surface area contributed by atoms with E-state index in [1.807, 2.05) is 6.92 Å². The van der Waals surface area contributed by atoms with Gasteiger partial charge in [0.25, 0.3) is 0 Å². The topological polar surface area (TPSA) is 52.1 Å².